The predicted octanol–water partition coefficient (Wildman–Crippen LogP) is 3.21. The Morgan fingerprint density at radius 2 is 2.17 bits per heavy atom. The zero-order chi connectivity index (χ0) is 16.4. The van der Waals surface area contributed by atoms with Crippen LogP contribution in [0.15, 0.2) is 12.1 Å². The van der Waals surface area contributed by atoms with E-state index < -0.39 is 0 Å². The summed E-state index contributed by atoms with van der Waals surface area (Å²) in [7, 11) is 0. The first kappa shape index (κ1) is 16.5. The zero-order valence-corrected chi connectivity index (χ0v) is 14.1. The molecule has 1 aromatic rings. The molecule has 2 aliphatic rings. The first-order valence-electron chi connectivity index (χ1n) is 8.27. The van der Waals surface area contributed by atoms with Gasteiger partial charge in [0.25, 0.3) is 0 Å². The molecule has 1 saturated carbocycles. The maximum absolute atomic E-state index is 13.9. The number of benzene rings is 1. The van der Waals surface area contributed by atoms with Crippen molar-refractivity contribution >= 4 is 17.6 Å². The number of carbonyl (C=O) groups excluding carboxylic acids is 1. The highest BCUT2D eigenvalue weighted by Gasteiger charge is 2.37. The average molecular weight is 340 g/mol. The highest BCUT2D eigenvalue weighted by atomic mass is 35.5. The van der Waals surface area contributed by atoms with Crippen LogP contribution in [0.5, 0.6) is 0 Å². The average Bonchev–Trinajstić information content (AvgIpc) is 3.36. The predicted molar refractivity (Wildman–Crippen MR) is 89.1 cm³/mol. The van der Waals surface area contributed by atoms with Crippen LogP contribution in [0.25, 0.3) is 0 Å². The van der Waals surface area contributed by atoms with Crippen molar-refractivity contribution in [3.8, 4) is 0 Å². The van der Waals surface area contributed by atoms with Gasteiger partial charge in [-0.2, -0.15) is 0 Å². The van der Waals surface area contributed by atoms with Gasteiger partial charge in [-0.25, -0.2) is 9.18 Å². The highest BCUT2D eigenvalue weighted by molar-refractivity contribution is 6.31. The summed E-state index contributed by atoms with van der Waals surface area (Å²) in [5, 5.41) is 6.64. The second-order valence-corrected chi connectivity index (χ2v) is 6.90. The van der Waals surface area contributed by atoms with E-state index in [1.165, 1.54) is 6.07 Å². The van der Waals surface area contributed by atoms with Crippen LogP contribution in [0.1, 0.15) is 36.8 Å². The third-order valence-corrected chi connectivity index (χ3v) is 5.00. The lowest BCUT2D eigenvalue weighted by Gasteiger charge is -2.35. The van der Waals surface area contributed by atoms with Gasteiger partial charge >= 0.3 is 6.03 Å². The molecule has 1 aliphatic heterocycles. The molecule has 126 valence electrons. The number of aryl methyl sites for hydroxylation is 1. The van der Waals surface area contributed by atoms with E-state index in [9.17, 15) is 9.18 Å². The number of amides is 2. The SMILES string of the molecule is Cc1cc(CNC(=O)N(C2CC2)C2CCCNC2)c(F)cc1Cl. The lowest BCUT2D eigenvalue weighted by Crippen LogP contribution is -2.52. The number of hydrogen-bond donors (Lipinski definition) is 2. The van der Waals surface area contributed by atoms with Gasteiger partial charge < -0.3 is 15.5 Å². The van der Waals surface area contributed by atoms with Crippen LogP contribution in [0.3, 0.4) is 0 Å². The topological polar surface area (TPSA) is 44.4 Å². The van der Waals surface area contributed by atoms with E-state index in [1.807, 2.05) is 11.8 Å². The molecule has 1 unspecified atom stereocenters. The maximum Gasteiger partial charge on any atom is 0.318 e. The largest absolute Gasteiger partial charge is 0.334 e. The Labute approximate surface area is 141 Å². The van der Waals surface area contributed by atoms with Gasteiger partial charge in [-0.05, 0) is 56.8 Å². The normalized spacial score (nSPS) is 21.1. The summed E-state index contributed by atoms with van der Waals surface area (Å²) < 4.78 is 13.9. The van der Waals surface area contributed by atoms with E-state index in [0.29, 0.717) is 16.6 Å². The molecule has 1 aliphatic carbocycles. The van der Waals surface area contributed by atoms with Crippen molar-refractivity contribution < 1.29 is 9.18 Å². The molecule has 0 bridgehead atoms. The van der Waals surface area contributed by atoms with Crippen LogP contribution < -0.4 is 10.6 Å². The minimum atomic E-state index is -0.377. The molecule has 1 saturated heterocycles. The van der Waals surface area contributed by atoms with Crippen LogP contribution >= 0.6 is 11.6 Å². The van der Waals surface area contributed by atoms with E-state index in [-0.39, 0.29) is 24.4 Å². The van der Waals surface area contributed by atoms with E-state index >= 15 is 0 Å². The second-order valence-electron chi connectivity index (χ2n) is 6.49. The molecule has 0 spiro atoms. The maximum atomic E-state index is 13.9. The molecule has 1 heterocycles. The summed E-state index contributed by atoms with van der Waals surface area (Å²) in [5.41, 5.74) is 1.28. The van der Waals surface area contributed by atoms with Crippen LogP contribution in [0, 0.1) is 12.7 Å². The summed E-state index contributed by atoms with van der Waals surface area (Å²) in [6, 6.07) is 3.50. The Morgan fingerprint density at radius 3 is 2.83 bits per heavy atom. The number of urea groups is 1. The Kier molecular flexibility index (Phi) is 5.07. The van der Waals surface area contributed by atoms with Crippen LogP contribution in [-0.2, 0) is 6.54 Å². The number of piperidine rings is 1. The van der Waals surface area contributed by atoms with Gasteiger partial charge in [0, 0.05) is 35.8 Å². The Bertz CT molecular complexity index is 585. The fourth-order valence-electron chi connectivity index (χ4n) is 3.17. The molecule has 2 N–H and O–H groups in total. The first-order valence-corrected chi connectivity index (χ1v) is 8.65. The van der Waals surface area contributed by atoms with Gasteiger partial charge in [0.15, 0.2) is 0 Å². The minimum absolute atomic E-state index is 0.0896. The number of nitrogens with zero attached hydrogens (tertiary/aromatic N) is 1. The summed E-state index contributed by atoms with van der Waals surface area (Å²) in [5.74, 6) is -0.377. The number of carbonyl (C=O) groups is 1. The van der Waals surface area contributed by atoms with Crippen molar-refractivity contribution in [3.05, 3.63) is 34.1 Å². The Hall–Kier alpha value is -1.33. The van der Waals surface area contributed by atoms with Crippen molar-refractivity contribution in [1.82, 2.24) is 15.5 Å². The van der Waals surface area contributed by atoms with Crippen molar-refractivity contribution in [2.24, 2.45) is 0 Å². The quantitative estimate of drug-likeness (QED) is 0.884. The fourth-order valence-corrected chi connectivity index (χ4v) is 3.32. The smallest absolute Gasteiger partial charge is 0.318 e. The summed E-state index contributed by atoms with van der Waals surface area (Å²) in [6.45, 7) is 3.88. The molecule has 6 heteroatoms. The van der Waals surface area contributed by atoms with Crippen LogP contribution in [0.2, 0.25) is 5.02 Å². The van der Waals surface area contributed by atoms with Gasteiger partial charge in [-0.15, -0.1) is 0 Å². The number of nitrogens with one attached hydrogen (secondary N) is 2. The van der Waals surface area contributed by atoms with Gasteiger partial charge in [0.1, 0.15) is 5.82 Å². The summed E-state index contributed by atoms with van der Waals surface area (Å²) >= 11 is 5.91. The molecule has 2 amide bonds. The Balaban J connectivity index is 1.64. The van der Waals surface area contributed by atoms with Crippen molar-refractivity contribution in [1.29, 1.82) is 0 Å². The van der Waals surface area contributed by atoms with E-state index in [1.54, 1.807) is 6.07 Å². The molecule has 1 atom stereocenters. The molecule has 23 heavy (non-hydrogen) atoms. The molecule has 0 aromatic heterocycles. The molecule has 4 nitrogen and oxygen atoms in total. The third kappa shape index (κ3) is 3.96. The minimum Gasteiger partial charge on any atom is -0.334 e. The standard InChI is InChI=1S/C17H23ClFN3O/c1-11-7-12(16(19)8-15(11)18)9-21-17(23)22(13-4-5-13)14-3-2-6-20-10-14/h7-8,13-14,20H,2-6,9-10H2,1H3,(H,21,23). The van der Waals surface area contributed by atoms with Crippen molar-refractivity contribution in [2.45, 2.75) is 51.2 Å². The molecule has 3 rings (SSSR count). The number of halogens is 2. The molecular formula is C17H23ClFN3O. The van der Waals surface area contributed by atoms with Gasteiger partial charge in [-0.3, -0.25) is 0 Å². The van der Waals surface area contributed by atoms with Gasteiger partial charge in [0.2, 0.25) is 0 Å². The molecule has 0 radical (unpaired) electrons. The summed E-state index contributed by atoms with van der Waals surface area (Å²) in [4.78, 5) is 14.6. The fraction of sp³-hybridized carbons (Fsp3) is 0.588. The highest BCUT2D eigenvalue weighted by Crippen LogP contribution is 2.30. The third-order valence-electron chi connectivity index (χ3n) is 4.60. The lowest BCUT2D eigenvalue weighted by atomic mass is 10.1. The lowest BCUT2D eigenvalue weighted by molar-refractivity contribution is 0.155. The first-order chi connectivity index (χ1) is 11.1. The van der Waals surface area contributed by atoms with Gasteiger partial charge in [0.05, 0.1) is 0 Å². The number of hydrogen-bond acceptors (Lipinski definition) is 2. The molecule has 1 aromatic carbocycles. The van der Waals surface area contributed by atoms with E-state index in [2.05, 4.69) is 10.6 Å². The zero-order valence-electron chi connectivity index (χ0n) is 13.4. The molecular weight excluding hydrogens is 317 g/mol. The van der Waals surface area contributed by atoms with E-state index in [0.717, 1.165) is 44.3 Å². The monoisotopic (exact) mass is 339 g/mol. The van der Waals surface area contributed by atoms with Crippen LogP contribution in [0.4, 0.5) is 9.18 Å². The Morgan fingerprint density at radius 1 is 1.39 bits per heavy atom. The van der Waals surface area contributed by atoms with Crippen molar-refractivity contribution in [3.63, 3.8) is 0 Å². The van der Waals surface area contributed by atoms with Crippen LogP contribution in [-0.4, -0.2) is 36.1 Å². The van der Waals surface area contributed by atoms with Gasteiger partial charge in [-0.1, -0.05) is 11.6 Å². The summed E-state index contributed by atoms with van der Waals surface area (Å²) in [6.07, 6.45) is 4.26. The molecule has 2 fully saturated rings. The second kappa shape index (κ2) is 7.05. The van der Waals surface area contributed by atoms with Crippen molar-refractivity contribution in [2.75, 3.05) is 13.1 Å². The van der Waals surface area contributed by atoms with E-state index in [4.69, 9.17) is 11.6 Å². The number of rotatable bonds is 4.